The first-order chi connectivity index (χ1) is 8.52. The third-order valence-corrected chi connectivity index (χ3v) is 3.84. The van der Waals surface area contributed by atoms with E-state index in [1.807, 2.05) is 18.4 Å². The van der Waals surface area contributed by atoms with Gasteiger partial charge in [0.15, 0.2) is 0 Å². The summed E-state index contributed by atoms with van der Waals surface area (Å²) in [6, 6.07) is 4.30. The molecule has 1 atom stereocenters. The van der Waals surface area contributed by atoms with Crippen LogP contribution in [0.3, 0.4) is 0 Å². The van der Waals surface area contributed by atoms with E-state index in [0.29, 0.717) is 11.1 Å². The number of aryl methyl sites for hydroxylation is 2. The average Bonchev–Trinajstić information content (AvgIpc) is 2.73. The lowest BCUT2D eigenvalue weighted by Crippen LogP contribution is -2.18. The van der Waals surface area contributed by atoms with Crippen molar-refractivity contribution in [1.82, 2.24) is 5.32 Å². The molecular weight excluding hydrogens is 252 g/mol. The highest BCUT2D eigenvalue weighted by Crippen LogP contribution is 2.29. The first-order valence-corrected chi connectivity index (χ1v) is 6.58. The number of nitrogens with one attached hydrogen (secondary N) is 1. The minimum Gasteiger partial charge on any atom is -0.309 e. The molecule has 18 heavy (non-hydrogen) atoms. The summed E-state index contributed by atoms with van der Waals surface area (Å²) in [6.07, 6.45) is 0. The number of halogens is 2. The zero-order chi connectivity index (χ0) is 13.3. The van der Waals surface area contributed by atoms with Crippen molar-refractivity contribution in [2.24, 2.45) is 0 Å². The Bertz CT molecular complexity index is 563. The highest BCUT2D eigenvalue weighted by molar-refractivity contribution is 7.10. The van der Waals surface area contributed by atoms with E-state index in [9.17, 15) is 8.78 Å². The summed E-state index contributed by atoms with van der Waals surface area (Å²) < 4.78 is 27.2. The molecular formula is C14H15F2NS. The Kier molecular flexibility index (Phi) is 3.78. The van der Waals surface area contributed by atoms with Crippen molar-refractivity contribution in [1.29, 1.82) is 0 Å². The molecule has 1 aromatic carbocycles. The largest absolute Gasteiger partial charge is 0.309 e. The fourth-order valence-electron chi connectivity index (χ4n) is 2.02. The van der Waals surface area contributed by atoms with Crippen LogP contribution >= 0.6 is 11.3 Å². The van der Waals surface area contributed by atoms with E-state index >= 15 is 0 Å². The molecule has 1 aromatic heterocycles. The molecule has 0 radical (unpaired) electrons. The molecule has 0 saturated heterocycles. The second-order valence-corrected chi connectivity index (χ2v) is 5.45. The summed E-state index contributed by atoms with van der Waals surface area (Å²) in [6.45, 7) is 3.65. The van der Waals surface area contributed by atoms with Crippen molar-refractivity contribution in [2.45, 2.75) is 19.9 Å². The molecule has 0 spiro atoms. The molecule has 2 rings (SSSR count). The van der Waals surface area contributed by atoms with Crippen molar-refractivity contribution in [3.05, 3.63) is 56.8 Å². The van der Waals surface area contributed by atoms with Gasteiger partial charge in [-0.25, -0.2) is 8.78 Å². The Morgan fingerprint density at radius 1 is 1.11 bits per heavy atom. The van der Waals surface area contributed by atoms with Gasteiger partial charge in [-0.1, -0.05) is 0 Å². The zero-order valence-corrected chi connectivity index (χ0v) is 11.4. The van der Waals surface area contributed by atoms with Gasteiger partial charge in [0.05, 0.1) is 6.04 Å². The standard InChI is InChI=1S/C14H15F2NS/c1-8-4-11(13(16)6-12(8)15)14(17-3)10-5-9(2)18-7-10/h4-7,14,17H,1-3H3. The van der Waals surface area contributed by atoms with E-state index in [-0.39, 0.29) is 6.04 Å². The van der Waals surface area contributed by atoms with E-state index in [4.69, 9.17) is 0 Å². The Morgan fingerprint density at radius 3 is 2.39 bits per heavy atom. The van der Waals surface area contributed by atoms with Crippen LogP contribution in [-0.2, 0) is 0 Å². The second kappa shape index (κ2) is 5.16. The summed E-state index contributed by atoms with van der Waals surface area (Å²) in [5.74, 6) is -1.02. The molecule has 1 nitrogen and oxygen atoms in total. The molecule has 96 valence electrons. The van der Waals surface area contributed by atoms with Crippen molar-refractivity contribution in [3.8, 4) is 0 Å². The van der Waals surface area contributed by atoms with Crippen molar-refractivity contribution in [2.75, 3.05) is 7.05 Å². The van der Waals surface area contributed by atoms with E-state index < -0.39 is 11.6 Å². The van der Waals surface area contributed by atoms with Crippen LogP contribution in [0.4, 0.5) is 8.78 Å². The normalized spacial score (nSPS) is 12.7. The lowest BCUT2D eigenvalue weighted by atomic mass is 9.98. The van der Waals surface area contributed by atoms with E-state index in [1.54, 1.807) is 31.4 Å². The zero-order valence-electron chi connectivity index (χ0n) is 10.6. The smallest absolute Gasteiger partial charge is 0.131 e. The van der Waals surface area contributed by atoms with Crippen LogP contribution < -0.4 is 5.32 Å². The Hall–Kier alpha value is -1.26. The second-order valence-electron chi connectivity index (χ2n) is 4.34. The summed E-state index contributed by atoms with van der Waals surface area (Å²) in [5.41, 5.74) is 1.94. The quantitative estimate of drug-likeness (QED) is 0.887. The Labute approximate surface area is 109 Å². The number of hydrogen-bond acceptors (Lipinski definition) is 2. The molecule has 0 aliphatic heterocycles. The summed E-state index contributed by atoms with van der Waals surface area (Å²) >= 11 is 1.62. The van der Waals surface area contributed by atoms with Crippen LogP contribution in [0.5, 0.6) is 0 Å². The van der Waals surface area contributed by atoms with Crippen LogP contribution in [0.15, 0.2) is 23.6 Å². The lowest BCUT2D eigenvalue weighted by molar-refractivity contribution is 0.548. The number of rotatable bonds is 3. The molecule has 0 aliphatic rings. The average molecular weight is 267 g/mol. The van der Waals surface area contributed by atoms with Crippen molar-refractivity contribution < 1.29 is 8.78 Å². The summed E-state index contributed by atoms with van der Waals surface area (Å²) in [5, 5.41) is 5.07. The highest BCUT2D eigenvalue weighted by Gasteiger charge is 2.18. The van der Waals surface area contributed by atoms with Gasteiger partial charge in [0, 0.05) is 16.5 Å². The third-order valence-electron chi connectivity index (χ3n) is 2.96. The fourth-order valence-corrected chi connectivity index (χ4v) is 2.75. The van der Waals surface area contributed by atoms with Crippen LogP contribution in [0.2, 0.25) is 0 Å². The number of thiophene rings is 1. The number of benzene rings is 1. The SMILES string of the molecule is CNC(c1csc(C)c1)c1cc(C)c(F)cc1F. The predicted molar refractivity (Wildman–Crippen MR) is 71.1 cm³/mol. The van der Waals surface area contributed by atoms with Crippen molar-refractivity contribution in [3.63, 3.8) is 0 Å². The molecule has 1 N–H and O–H groups in total. The maximum Gasteiger partial charge on any atom is 0.131 e. The first-order valence-electron chi connectivity index (χ1n) is 5.70. The van der Waals surface area contributed by atoms with Crippen LogP contribution in [0, 0.1) is 25.5 Å². The topological polar surface area (TPSA) is 12.0 Å². The van der Waals surface area contributed by atoms with E-state index in [2.05, 4.69) is 5.32 Å². The van der Waals surface area contributed by atoms with Crippen LogP contribution in [-0.4, -0.2) is 7.05 Å². The number of hydrogen-bond donors (Lipinski definition) is 1. The Balaban J connectivity index is 2.48. The molecule has 2 aromatic rings. The van der Waals surface area contributed by atoms with Crippen LogP contribution in [0.1, 0.15) is 27.6 Å². The molecule has 0 saturated carbocycles. The van der Waals surface area contributed by atoms with E-state index in [0.717, 1.165) is 11.6 Å². The minimum absolute atomic E-state index is 0.241. The minimum atomic E-state index is -0.513. The fraction of sp³-hybridized carbons (Fsp3) is 0.286. The van der Waals surface area contributed by atoms with Crippen molar-refractivity contribution >= 4 is 11.3 Å². The molecule has 1 heterocycles. The van der Waals surface area contributed by atoms with Gasteiger partial charge in [-0.3, -0.25) is 0 Å². The van der Waals surface area contributed by atoms with Gasteiger partial charge in [0.25, 0.3) is 0 Å². The third kappa shape index (κ3) is 2.44. The van der Waals surface area contributed by atoms with Gasteiger partial charge in [0.1, 0.15) is 11.6 Å². The molecule has 0 aliphatic carbocycles. The predicted octanol–water partition coefficient (Wildman–Crippen LogP) is 3.95. The maximum atomic E-state index is 13.9. The van der Waals surface area contributed by atoms with Gasteiger partial charge in [-0.05, 0) is 49.5 Å². The highest BCUT2D eigenvalue weighted by atomic mass is 32.1. The van der Waals surface area contributed by atoms with Gasteiger partial charge in [-0.15, -0.1) is 11.3 Å². The van der Waals surface area contributed by atoms with Gasteiger partial charge >= 0.3 is 0 Å². The van der Waals surface area contributed by atoms with Gasteiger partial charge in [0.2, 0.25) is 0 Å². The van der Waals surface area contributed by atoms with E-state index in [1.165, 1.54) is 4.88 Å². The monoisotopic (exact) mass is 267 g/mol. The van der Waals surface area contributed by atoms with Gasteiger partial charge in [-0.2, -0.15) is 0 Å². The van der Waals surface area contributed by atoms with Gasteiger partial charge < -0.3 is 5.32 Å². The summed E-state index contributed by atoms with van der Waals surface area (Å²) in [4.78, 5) is 1.17. The molecule has 0 bridgehead atoms. The maximum absolute atomic E-state index is 13.9. The Morgan fingerprint density at radius 2 is 1.83 bits per heavy atom. The molecule has 4 heteroatoms. The summed E-state index contributed by atoms with van der Waals surface area (Å²) in [7, 11) is 1.77. The molecule has 0 amide bonds. The molecule has 0 fully saturated rings. The lowest BCUT2D eigenvalue weighted by Gasteiger charge is -2.17. The molecule has 1 unspecified atom stereocenters. The van der Waals surface area contributed by atoms with Crippen LogP contribution in [0.25, 0.3) is 0 Å². The first kappa shape index (κ1) is 13.2.